The molecule has 14 heteroatoms. The summed E-state index contributed by atoms with van der Waals surface area (Å²) in [7, 11) is -3.20. The van der Waals surface area contributed by atoms with Crippen LogP contribution in [0.4, 0.5) is 10.1 Å². The van der Waals surface area contributed by atoms with E-state index in [2.05, 4.69) is 0 Å². The summed E-state index contributed by atoms with van der Waals surface area (Å²) in [6.07, 6.45) is 3.85. The number of nitrogens with two attached hydrogens (primary N) is 1. The molecule has 1 aliphatic heterocycles. The topological polar surface area (TPSA) is 191 Å². The highest BCUT2D eigenvalue weighted by atomic mass is 31.2. The van der Waals surface area contributed by atoms with Crippen LogP contribution >= 0.6 is 7.82 Å². The number of benzene rings is 1. The molecule has 3 saturated carbocycles. The molecule has 12 nitrogen and oxygen atoms in total. The van der Waals surface area contributed by atoms with Gasteiger partial charge in [-0.1, -0.05) is 30.7 Å². The number of nitrogen functional groups attached to an aromatic ring is 1. The van der Waals surface area contributed by atoms with Crippen molar-refractivity contribution < 1.29 is 52.5 Å². The zero-order chi connectivity index (χ0) is 35.3. The van der Waals surface area contributed by atoms with Gasteiger partial charge in [0.1, 0.15) is 6.61 Å². The van der Waals surface area contributed by atoms with Gasteiger partial charge in [0, 0.05) is 58.9 Å². The van der Waals surface area contributed by atoms with E-state index in [0.29, 0.717) is 41.6 Å². The fourth-order valence-electron chi connectivity index (χ4n) is 9.90. The number of phosphoric ester groups is 1. The van der Waals surface area contributed by atoms with Crippen LogP contribution in [-0.4, -0.2) is 66.2 Å². The summed E-state index contributed by atoms with van der Waals surface area (Å²) in [6.45, 7) is 2.33. The van der Waals surface area contributed by atoms with Crippen LogP contribution < -0.4 is 5.73 Å². The zero-order valence-corrected chi connectivity index (χ0v) is 28.4. The minimum atomic E-state index is -5.05. The number of aliphatic hydroxyl groups is 2. The Labute approximate surface area is 283 Å². The van der Waals surface area contributed by atoms with Crippen LogP contribution in [0.5, 0.6) is 0 Å². The predicted molar refractivity (Wildman–Crippen MR) is 173 cm³/mol. The second-order valence-electron chi connectivity index (χ2n) is 14.7. The molecule has 6 N–H and O–H groups in total. The van der Waals surface area contributed by atoms with Crippen molar-refractivity contribution in [2.24, 2.45) is 29.7 Å². The molecule has 2 heterocycles. The van der Waals surface area contributed by atoms with Crippen LogP contribution in [0.25, 0.3) is 0 Å². The zero-order valence-electron chi connectivity index (χ0n) is 27.5. The Morgan fingerprint density at radius 1 is 1.22 bits per heavy atom. The standard InChI is InChI=1S/C35H42FN2O10P/c1-32-9-8-24(40)13-22(32)6-7-25-26-14-30-35(29(42)18-46-49(43,44)45,33(26,2)15-28(41)34(25,32)36)48-31(47-30)21-12-23(38(3)16-21)10-19-4-5-20(17-39)27(37)11-19/h4-5,8-9,11-13,16,25-26,28,30-31,39,41H,6-7,10,14-15,17-18,37H2,1-3H3,(H2,43,44,45)/t25-,26-,28-,30+,31+,32-,33-,34-,35+/m0/s1. The number of Topliss-reactive ketones (excluding diaryl/α,β-unsaturated/α-hetero) is 1. The van der Waals surface area contributed by atoms with E-state index in [0.717, 1.165) is 11.3 Å². The average molecular weight is 701 g/mol. The van der Waals surface area contributed by atoms with Crippen molar-refractivity contribution in [1.82, 2.24) is 4.57 Å². The first-order valence-electron chi connectivity index (χ1n) is 16.5. The summed E-state index contributed by atoms with van der Waals surface area (Å²) in [5.74, 6) is -2.24. The summed E-state index contributed by atoms with van der Waals surface area (Å²) in [5, 5.41) is 21.3. The van der Waals surface area contributed by atoms with Gasteiger partial charge in [-0.25, -0.2) is 8.96 Å². The molecule has 2 aromatic rings. The minimum absolute atomic E-state index is 0.170. The van der Waals surface area contributed by atoms with Crippen molar-refractivity contribution >= 4 is 25.1 Å². The normalized spacial score (nSPS) is 38.1. The molecule has 1 aromatic heterocycles. The minimum Gasteiger partial charge on any atom is -0.398 e. The highest BCUT2D eigenvalue weighted by Gasteiger charge is 2.79. The number of rotatable bonds is 8. The number of aryl methyl sites for hydroxylation is 1. The quantitative estimate of drug-likeness (QED) is 0.200. The van der Waals surface area contributed by atoms with E-state index in [1.54, 1.807) is 32.1 Å². The van der Waals surface area contributed by atoms with Gasteiger partial charge in [-0.05, 0) is 68.4 Å². The molecule has 1 saturated heterocycles. The van der Waals surface area contributed by atoms with Crippen LogP contribution in [0, 0.1) is 22.7 Å². The number of aromatic nitrogens is 1. The van der Waals surface area contributed by atoms with Gasteiger partial charge >= 0.3 is 7.82 Å². The van der Waals surface area contributed by atoms with E-state index in [9.17, 15) is 34.2 Å². The summed E-state index contributed by atoms with van der Waals surface area (Å²) in [6, 6.07) is 7.32. The number of alkyl halides is 1. The lowest BCUT2D eigenvalue weighted by molar-refractivity contribution is -0.231. The molecular formula is C35H42FN2O10P. The predicted octanol–water partition coefficient (Wildman–Crippen LogP) is 3.50. The third-order valence-electron chi connectivity index (χ3n) is 12.3. The number of aliphatic hydroxyl groups excluding tert-OH is 2. The van der Waals surface area contributed by atoms with Crippen LogP contribution in [0.15, 0.2) is 54.3 Å². The second-order valence-corrected chi connectivity index (χ2v) is 16.0. The lowest BCUT2D eigenvalue weighted by Gasteiger charge is -2.62. The monoisotopic (exact) mass is 700 g/mol. The molecular weight excluding hydrogens is 658 g/mol. The Balaban J connectivity index is 1.24. The maximum Gasteiger partial charge on any atom is 0.470 e. The number of ether oxygens (including phenoxy) is 2. The van der Waals surface area contributed by atoms with Gasteiger partial charge in [0.2, 0.25) is 0 Å². The molecule has 0 unspecified atom stereocenters. The largest absolute Gasteiger partial charge is 0.470 e. The Hall–Kier alpha value is -3.00. The van der Waals surface area contributed by atoms with Crippen molar-refractivity contribution in [3.8, 4) is 0 Å². The third kappa shape index (κ3) is 5.00. The molecule has 4 fully saturated rings. The molecule has 5 aliphatic rings. The van der Waals surface area contributed by atoms with Gasteiger partial charge in [0.25, 0.3) is 0 Å². The third-order valence-corrected chi connectivity index (χ3v) is 12.8. The van der Waals surface area contributed by atoms with E-state index in [-0.39, 0.29) is 25.2 Å². The number of anilines is 1. The molecule has 0 bridgehead atoms. The molecule has 0 spiro atoms. The first kappa shape index (κ1) is 34.4. The lowest BCUT2D eigenvalue weighted by atomic mass is 9.44. The number of fused-ring (bicyclic) bond motifs is 7. The van der Waals surface area contributed by atoms with Crippen molar-refractivity contribution in [3.05, 3.63) is 76.6 Å². The average Bonchev–Trinajstić information content (AvgIpc) is 3.67. The van der Waals surface area contributed by atoms with Crippen LogP contribution in [0.1, 0.15) is 68.2 Å². The highest BCUT2D eigenvalue weighted by Crippen LogP contribution is 2.72. The second kappa shape index (κ2) is 11.5. The van der Waals surface area contributed by atoms with Gasteiger partial charge in [0.15, 0.2) is 29.1 Å². The van der Waals surface area contributed by atoms with E-state index in [1.165, 1.54) is 12.2 Å². The number of carbonyl (C=O) groups is 2. The van der Waals surface area contributed by atoms with Gasteiger partial charge in [-0.2, -0.15) is 0 Å². The number of nitrogens with zero attached hydrogens (tertiary/aromatic N) is 1. The van der Waals surface area contributed by atoms with E-state index < -0.39 is 72.6 Å². The number of halogens is 1. The maximum atomic E-state index is 17.7. The fraction of sp³-hybridized carbons (Fsp3) is 0.543. The number of ketones is 2. The van der Waals surface area contributed by atoms with E-state index in [4.69, 9.17) is 19.7 Å². The Kier molecular flexibility index (Phi) is 8.09. The number of carbonyl (C=O) groups excluding carboxylic acids is 2. The van der Waals surface area contributed by atoms with Crippen molar-refractivity contribution in [1.29, 1.82) is 0 Å². The number of phosphoric acid groups is 1. The molecule has 49 heavy (non-hydrogen) atoms. The van der Waals surface area contributed by atoms with E-state index >= 15 is 4.39 Å². The van der Waals surface area contributed by atoms with Gasteiger partial charge in [-0.3, -0.25) is 14.1 Å². The first-order chi connectivity index (χ1) is 23.0. The summed E-state index contributed by atoms with van der Waals surface area (Å²) in [5.41, 5.74) is 3.77. The fourth-order valence-corrected chi connectivity index (χ4v) is 10.2. The number of hydrogen-bond acceptors (Lipinski definition) is 9. The van der Waals surface area contributed by atoms with Crippen LogP contribution in [0.2, 0.25) is 0 Å². The smallest absolute Gasteiger partial charge is 0.398 e. The SMILES string of the molecule is Cn1cc([C@@H]2O[C@@H]3C[C@H]4[C@@H]5CCC6=CC(=O)C=C[C@]6(C)[C@@]5(F)[C@@H](O)C[C@]4(C)[C@]3(C(=O)COP(=O)(O)O)O2)cc1Cc1ccc(CO)c(N)c1. The highest BCUT2D eigenvalue weighted by molar-refractivity contribution is 7.46. The Bertz CT molecular complexity index is 1840. The summed E-state index contributed by atoms with van der Waals surface area (Å²) >= 11 is 0. The molecule has 0 radical (unpaired) electrons. The molecule has 264 valence electrons. The van der Waals surface area contributed by atoms with E-state index in [1.807, 2.05) is 29.9 Å². The molecule has 1 aromatic carbocycles. The summed E-state index contributed by atoms with van der Waals surface area (Å²) in [4.78, 5) is 45.4. The van der Waals surface area contributed by atoms with Crippen LogP contribution in [-0.2, 0) is 48.2 Å². The number of hydrogen-bond donors (Lipinski definition) is 5. The van der Waals surface area contributed by atoms with Crippen molar-refractivity contribution in [3.63, 3.8) is 0 Å². The number of allylic oxidation sites excluding steroid dienone is 4. The first-order valence-corrected chi connectivity index (χ1v) is 18.0. The summed E-state index contributed by atoms with van der Waals surface area (Å²) < 4.78 is 49.2. The Morgan fingerprint density at radius 3 is 2.67 bits per heavy atom. The van der Waals surface area contributed by atoms with Gasteiger partial charge in [0.05, 0.1) is 18.8 Å². The van der Waals surface area contributed by atoms with Gasteiger partial charge < -0.3 is 39.8 Å². The molecule has 4 aliphatic carbocycles. The molecule has 7 rings (SSSR count). The van der Waals surface area contributed by atoms with Gasteiger partial charge in [-0.15, -0.1) is 0 Å². The lowest BCUT2D eigenvalue weighted by Crippen LogP contribution is -2.69. The van der Waals surface area contributed by atoms with Crippen molar-refractivity contribution in [2.75, 3.05) is 12.3 Å². The van der Waals surface area contributed by atoms with Crippen LogP contribution in [0.3, 0.4) is 0 Å². The Morgan fingerprint density at radius 2 is 1.98 bits per heavy atom. The van der Waals surface area contributed by atoms with Crippen molar-refractivity contribution in [2.45, 2.75) is 82.3 Å². The molecule has 0 amide bonds. The molecule has 9 atom stereocenters. The maximum absolute atomic E-state index is 17.7.